The molecule has 1 aromatic carbocycles. The third-order valence-electron chi connectivity index (χ3n) is 5.40. The van der Waals surface area contributed by atoms with Gasteiger partial charge in [0.05, 0.1) is 11.4 Å². The van der Waals surface area contributed by atoms with E-state index in [1.54, 1.807) is 18.3 Å². The summed E-state index contributed by atoms with van der Waals surface area (Å²) in [6.45, 7) is 0. The van der Waals surface area contributed by atoms with E-state index in [1.807, 2.05) is 66.6 Å². The van der Waals surface area contributed by atoms with Crippen LogP contribution in [0.5, 0.6) is 0 Å². The molecule has 2 unspecified atom stereocenters. The first kappa shape index (κ1) is 16.9. The predicted octanol–water partition coefficient (Wildman–Crippen LogP) is 3.37. The highest BCUT2D eigenvalue weighted by molar-refractivity contribution is 6.00. The number of aliphatic hydroxyl groups excluding tert-OH is 1. The molecular formula is C23H18N2O3. The van der Waals surface area contributed by atoms with Gasteiger partial charge in [-0.1, -0.05) is 48.6 Å². The average molecular weight is 370 g/mol. The summed E-state index contributed by atoms with van der Waals surface area (Å²) in [7, 11) is 1.88. The highest BCUT2D eigenvalue weighted by atomic mass is 16.4. The Balaban J connectivity index is 1.92. The van der Waals surface area contributed by atoms with E-state index in [4.69, 9.17) is 4.42 Å². The minimum atomic E-state index is -0.828. The number of fused-ring (bicyclic) bond motifs is 2. The number of aromatic nitrogens is 1. The monoisotopic (exact) mass is 370 g/mol. The lowest BCUT2D eigenvalue weighted by atomic mass is 9.91. The maximum atomic E-state index is 12.7. The van der Waals surface area contributed by atoms with Crippen LogP contribution < -0.4 is 5.63 Å². The van der Waals surface area contributed by atoms with Gasteiger partial charge in [0, 0.05) is 22.7 Å². The second-order valence-corrected chi connectivity index (χ2v) is 6.95. The third-order valence-corrected chi connectivity index (χ3v) is 5.40. The zero-order valence-electron chi connectivity index (χ0n) is 15.2. The highest BCUT2D eigenvalue weighted by Crippen LogP contribution is 2.43. The third kappa shape index (κ3) is 2.41. The predicted molar refractivity (Wildman–Crippen MR) is 108 cm³/mol. The second-order valence-electron chi connectivity index (χ2n) is 6.95. The Bertz CT molecular complexity index is 1220. The molecule has 3 heterocycles. The first-order chi connectivity index (χ1) is 13.7. The van der Waals surface area contributed by atoms with E-state index >= 15 is 0 Å². The molecule has 5 heteroatoms. The number of benzene rings is 1. The van der Waals surface area contributed by atoms with Crippen molar-refractivity contribution in [2.75, 3.05) is 7.05 Å². The van der Waals surface area contributed by atoms with Crippen LogP contribution in [0.2, 0.25) is 0 Å². The SMILES string of the molecule is CN1C(O)C(c2c(-c3ccccn3)oc(=O)c3ccccc23)=C2C=CC=CC21. The Labute approximate surface area is 161 Å². The molecule has 1 aliphatic carbocycles. The molecule has 2 atom stereocenters. The number of rotatable bonds is 2. The van der Waals surface area contributed by atoms with E-state index in [9.17, 15) is 9.90 Å². The molecule has 0 saturated heterocycles. The Morgan fingerprint density at radius 3 is 2.64 bits per heavy atom. The van der Waals surface area contributed by atoms with Gasteiger partial charge in [-0.15, -0.1) is 0 Å². The van der Waals surface area contributed by atoms with Gasteiger partial charge in [0.25, 0.3) is 0 Å². The molecule has 0 radical (unpaired) electrons. The number of hydrogen-bond acceptors (Lipinski definition) is 5. The molecule has 0 saturated carbocycles. The number of pyridine rings is 1. The molecule has 2 aliphatic rings. The molecular weight excluding hydrogens is 352 g/mol. The molecule has 5 rings (SSSR count). The van der Waals surface area contributed by atoms with E-state index < -0.39 is 11.9 Å². The fourth-order valence-corrected chi connectivity index (χ4v) is 4.06. The quantitative estimate of drug-likeness (QED) is 0.749. The molecule has 0 bridgehead atoms. The topological polar surface area (TPSA) is 66.6 Å². The van der Waals surface area contributed by atoms with Crippen LogP contribution in [0.25, 0.3) is 27.8 Å². The van der Waals surface area contributed by atoms with Gasteiger partial charge in [-0.3, -0.25) is 9.88 Å². The van der Waals surface area contributed by atoms with Crippen molar-refractivity contribution < 1.29 is 9.52 Å². The fraction of sp³-hybridized carbons (Fsp3) is 0.130. The van der Waals surface area contributed by atoms with E-state index in [-0.39, 0.29) is 6.04 Å². The first-order valence-corrected chi connectivity index (χ1v) is 9.13. The van der Waals surface area contributed by atoms with Gasteiger partial charge in [-0.05, 0) is 30.8 Å². The lowest BCUT2D eigenvalue weighted by molar-refractivity contribution is 0.0757. The molecule has 28 heavy (non-hydrogen) atoms. The van der Waals surface area contributed by atoms with E-state index in [0.29, 0.717) is 22.4 Å². The van der Waals surface area contributed by atoms with Gasteiger partial charge in [0.15, 0.2) is 5.76 Å². The molecule has 138 valence electrons. The summed E-state index contributed by atoms with van der Waals surface area (Å²) < 4.78 is 5.76. The number of likely N-dealkylation sites (N-methyl/N-ethyl adjacent to an activating group) is 1. The number of nitrogens with zero attached hydrogens (tertiary/aromatic N) is 2. The molecule has 0 fully saturated rings. The summed E-state index contributed by atoms with van der Waals surface area (Å²) in [6.07, 6.45) is 8.83. The summed E-state index contributed by atoms with van der Waals surface area (Å²) in [5, 5.41) is 12.3. The van der Waals surface area contributed by atoms with Crippen LogP contribution in [0.3, 0.4) is 0 Å². The van der Waals surface area contributed by atoms with Gasteiger partial charge in [0.1, 0.15) is 11.9 Å². The van der Waals surface area contributed by atoms with Gasteiger partial charge >= 0.3 is 5.63 Å². The zero-order chi connectivity index (χ0) is 19.3. The molecule has 0 spiro atoms. The average Bonchev–Trinajstić information content (AvgIpc) is 2.99. The first-order valence-electron chi connectivity index (χ1n) is 9.13. The summed E-state index contributed by atoms with van der Waals surface area (Å²) >= 11 is 0. The van der Waals surface area contributed by atoms with Crippen molar-refractivity contribution in [3.63, 3.8) is 0 Å². The number of hydrogen-bond donors (Lipinski definition) is 1. The van der Waals surface area contributed by atoms with Crippen molar-refractivity contribution in [3.05, 3.63) is 94.5 Å². The van der Waals surface area contributed by atoms with Crippen LogP contribution in [-0.4, -0.2) is 34.3 Å². The van der Waals surface area contributed by atoms with Crippen molar-refractivity contribution in [1.29, 1.82) is 0 Å². The maximum absolute atomic E-state index is 12.7. The van der Waals surface area contributed by atoms with Crippen molar-refractivity contribution in [2.24, 2.45) is 0 Å². The van der Waals surface area contributed by atoms with E-state index in [1.165, 1.54) is 0 Å². The molecule has 3 aromatic rings. The lowest BCUT2D eigenvalue weighted by Gasteiger charge is -2.23. The van der Waals surface area contributed by atoms with Gasteiger partial charge < -0.3 is 9.52 Å². The molecule has 0 amide bonds. The lowest BCUT2D eigenvalue weighted by Crippen LogP contribution is -2.34. The largest absolute Gasteiger partial charge is 0.420 e. The fourth-order valence-electron chi connectivity index (χ4n) is 4.06. The minimum absolute atomic E-state index is 0.0303. The van der Waals surface area contributed by atoms with Crippen LogP contribution >= 0.6 is 0 Å². The molecule has 1 aliphatic heterocycles. The van der Waals surface area contributed by atoms with Gasteiger partial charge in [-0.25, -0.2) is 4.79 Å². The van der Waals surface area contributed by atoms with Crippen molar-refractivity contribution in [1.82, 2.24) is 9.88 Å². The van der Waals surface area contributed by atoms with Crippen molar-refractivity contribution in [2.45, 2.75) is 12.3 Å². The van der Waals surface area contributed by atoms with Gasteiger partial charge in [-0.2, -0.15) is 0 Å². The van der Waals surface area contributed by atoms with Crippen LogP contribution in [0.4, 0.5) is 0 Å². The van der Waals surface area contributed by atoms with E-state index in [2.05, 4.69) is 4.98 Å². The Morgan fingerprint density at radius 1 is 1.07 bits per heavy atom. The summed E-state index contributed by atoms with van der Waals surface area (Å²) in [6, 6.07) is 12.8. The normalized spacial score (nSPS) is 21.5. The summed E-state index contributed by atoms with van der Waals surface area (Å²) in [5.74, 6) is 0.378. The zero-order valence-corrected chi connectivity index (χ0v) is 15.2. The minimum Gasteiger partial charge on any atom is -0.420 e. The van der Waals surface area contributed by atoms with Crippen LogP contribution in [0.1, 0.15) is 5.56 Å². The van der Waals surface area contributed by atoms with Crippen molar-refractivity contribution in [3.8, 4) is 11.5 Å². The molecule has 2 aromatic heterocycles. The number of aliphatic hydroxyl groups is 1. The highest BCUT2D eigenvalue weighted by Gasteiger charge is 2.38. The second kappa shape index (κ2) is 6.41. The van der Waals surface area contributed by atoms with Gasteiger partial charge in [0.2, 0.25) is 0 Å². The smallest absolute Gasteiger partial charge is 0.344 e. The summed E-state index contributed by atoms with van der Waals surface area (Å²) in [4.78, 5) is 19.0. The van der Waals surface area contributed by atoms with Crippen molar-refractivity contribution >= 4 is 16.3 Å². The van der Waals surface area contributed by atoms with Crippen LogP contribution in [0, 0.1) is 0 Å². The van der Waals surface area contributed by atoms with Crippen LogP contribution in [-0.2, 0) is 0 Å². The maximum Gasteiger partial charge on any atom is 0.344 e. The van der Waals surface area contributed by atoms with E-state index in [0.717, 1.165) is 16.5 Å². The Kier molecular flexibility index (Phi) is 3.86. The molecule has 5 nitrogen and oxygen atoms in total. The number of allylic oxidation sites excluding steroid dienone is 2. The van der Waals surface area contributed by atoms with Crippen LogP contribution in [0.15, 0.2) is 87.8 Å². The standard InChI is InChI=1S/C23H18N2O3/c1-25-18-12-5-4-10-16(18)20(22(25)26)19-14-8-2-3-9-15(14)23(27)28-21(19)17-11-6-7-13-24-17/h2-13,18,22,26H,1H3. The molecule has 1 N–H and O–H groups in total. The Hall–Kier alpha value is -3.28. The summed E-state index contributed by atoms with van der Waals surface area (Å²) in [5.41, 5.74) is 2.59. The Morgan fingerprint density at radius 2 is 1.86 bits per heavy atom.